The van der Waals surface area contributed by atoms with Crippen LogP contribution in [0.25, 0.3) is 0 Å². The molecule has 75 atom stereocenters. The van der Waals surface area contributed by atoms with Crippen molar-refractivity contribution >= 4 is 8.37 Å². The van der Waals surface area contributed by atoms with Crippen molar-refractivity contribution in [2.24, 2.45) is 245 Å². The lowest BCUT2D eigenvalue weighted by Crippen LogP contribution is -2.34. The average Bonchev–Trinajstić information content (AvgIpc) is 1.12. The molecule has 69 aliphatic carbocycles. The zero-order valence-corrected chi connectivity index (χ0v) is 41.4. The van der Waals surface area contributed by atoms with E-state index in [9.17, 15) is 0 Å². The molecule has 72 aliphatic rings. The van der Waals surface area contributed by atoms with E-state index in [1.165, 1.54) is 296 Å². The van der Waals surface area contributed by atoms with E-state index < -0.39 is 8.37 Å². The molecule has 0 amide bonds. The van der Waals surface area contributed by atoms with Crippen LogP contribution in [0.3, 0.4) is 0 Å². The predicted molar refractivity (Wildman–Crippen MR) is 228 cm³/mol. The summed E-state index contributed by atoms with van der Waals surface area (Å²) in [6.45, 7) is 0. The highest BCUT2D eigenvalue weighted by Crippen LogP contribution is 4.04. The van der Waals surface area contributed by atoms with Crippen LogP contribution in [0.4, 0.5) is 0 Å². The monoisotopic (exact) mass is 986 g/mol. The Hall–Kier alpha value is 0.310. The van der Waals surface area contributed by atoms with Crippen molar-refractivity contribution in [2.45, 2.75) is 54.0 Å². The first-order valence-electron chi connectivity index (χ1n) is 38.6. The van der Waals surface area contributed by atoms with Gasteiger partial charge >= 0.3 is 0 Å². The van der Waals surface area contributed by atoms with Crippen LogP contribution in [0.5, 0.6) is 0 Å². The molecule has 0 bridgehead atoms. The summed E-state index contributed by atoms with van der Waals surface area (Å²) in [5.41, 5.74) is 77.9. The minimum atomic E-state index is -0.550. The summed E-state index contributed by atoms with van der Waals surface area (Å²) in [7, 11) is -0.550. The topological polar surface area (TPSA) is 9.03 Å². The molecule has 0 radical (unpaired) electrons. The summed E-state index contributed by atoms with van der Waals surface area (Å²) in [5, 5.41) is 0. The third kappa shape index (κ3) is 0.382. The lowest BCUT2D eigenvalue weighted by molar-refractivity contribution is 0.224. The zero-order valence-electron chi connectivity index (χ0n) is 40.4. The Labute approximate surface area is 432 Å². The van der Waals surface area contributed by atoms with E-state index in [-0.39, 0.29) is 0 Å². The number of piperidine rings is 3. The molecule has 72 rings (SSSR count). The van der Waals surface area contributed by atoms with Crippen LogP contribution in [0, 0.1) is 359 Å². The largest absolute Gasteiger partial charge is 0.216 e. The molecule has 72 fully saturated rings. The van der Waals surface area contributed by atoms with Crippen LogP contribution in [0.15, 0.2) is 0 Å². The second-order valence-corrected chi connectivity index (χ2v) is 57.5. The van der Waals surface area contributed by atoms with Crippen molar-refractivity contribution < 1.29 is 0 Å². The minimum absolute atomic E-state index is 0.550. The summed E-state index contributed by atoms with van der Waals surface area (Å²) in [6.07, 6.45) is 5.35. The van der Waals surface area contributed by atoms with Gasteiger partial charge < -0.3 is 0 Å². The van der Waals surface area contributed by atoms with Crippen LogP contribution >= 0.6 is 8.37 Å². The van der Waals surface area contributed by atoms with Gasteiger partial charge in [0.2, 0.25) is 8.37 Å². The molecule has 3 aliphatic heterocycles. The Balaban J connectivity index is 0.360. The van der Waals surface area contributed by atoms with Gasteiger partial charge in [-0.25, -0.2) is 0 Å². The molecule has 75 unspecified atom stereocenters. The standard InChI is InChI=1S/C75H12N3P/c1-4-10(1)13(4)22(10)28(13)34(22)40(28)46(34)52(40)58(46)64(52)70(58)67-55-43-31-16-7-19(16,25(16,31)37(31,43)49(43,55)61(55,67)73(64,67)70)76(7)79(77-8-17-20(8,77)26(17)32(17)38(26)44(32)50(38)56(44)62(50)68(56)71-59-47-35-23-11-2-5(11)14(11,23)29(23,35)41(35,47)53(47,59)65(59,71)74(62,68)71)78-9-18-21(9,78)27(18)33(18)39(27)45(33)51(39)57(45)63(51)69(57)72-60-48-36-24-12-3-6(12)15(12,24)30(24,36)42(36,48)54(48,60)66(60,72)75(63,69)72/h4-9H,1-3H2/p+1. The van der Waals surface area contributed by atoms with Gasteiger partial charge in [-0.2, -0.15) is 0 Å². The van der Waals surface area contributed by atoms with E-state index in [1.54, 1.807) is 19.3 Å². The third-order valence-electron chi connectivity index (χ3n) is 75.4. The maximum Gasteiger partial charge on any atom is 0.216 e. The van der Waals surface area contributed by atoms with Gasteiger partial charge in [0, 0.05) is 179 Å². The van der Waals surface area contributed by atoms with E-state index in [4.69, 9.17) is 0 Å². The van der Waals surface area contributed by atoms with Gasteiger partial charge in [0.05, 0.1) is 34.7 Å². The summed E-state index contributed by atoms with van der Waals surface area (Å²) in [5.74, 6) is 4.16. The van der Waals surface area contributed by atoms with Gasteiger partial charge in [-0.15, -0.1) is 14.0 Å². The van der Waals surface area contributed by atoms with E-state index in [1.807, 2.05) is 0 Å². The van der Waals surface area contributed by atoms with Crippen molar-refractivity contribution in [3.8, 4) is 0 Å². The van der Waals surface area contributed by atoms with Crippen molar-refractivity contribution in [3.63, 3.8) is 0 Å². The smallest absolute Gasteiger partial charge is 0.135 e. The molecule has 66 spiro atoms. The van der Waals surface area contributed by atoms with Crippen molar-refractivity contribution in [1.82, 2.24) is 14.0 Å². The number of rotatable bonds is 3. The van der Waals surface area contributed by atoms with Gasteiger partial charge in [0.15, 0.2) is 0 Å². The summed E-state index contributed by atoms with van der Waals surface area (Å²) < 4.78 is 11.3. The maximum absolute atomic E-state index is 3.76. The first-order valence-corrected chi connectivity index (χ1v) is 40.0. The molecule has 0 N–H and O–H groups in total. The van der Waals surface area contributed by atoms with Crippen molar-refractivity contribution in [2.75, 3.05) is 0 Å². The Morgan fingerprint density at radius 3 is 0.532 bits per heavy atom. The number of nitrogens with zero attached hydrogens (tertiary/aromatic N) is 3. The normalized spacial score (nSPS) is 174. The van der Waals surface area contributed by atoms with E-state index in [0.29, 0.717) is 0 Å². The highest BCUT2D eigenvalue weighted by atomic mass is 31.2. The number of hydrogen-bond donors (Lipinski definition) is 0. The minimum Gasteiger partial charge on any atom is -0.135 e. The molecular weight excluding hydrogens is 974 g/mol. The molecule has 3 nitrogen and oxygen atoms in total. The van der Waals surface area contributed by atoms with Gasteiger partial charge in [0.25, 0.3) is 0 Å². The predicted octanol–water partition coefficient (Wildman–Crippen LogP) is 2.02. The molecule has 69 saturated carbocycles. The molecular formula is C75H13N3P+. The fraction of sp³-hybridized carbons (Fsp3) is 1.00. The summed E-state index contributed by atoms with van der Waals surface area (Å²) in [4.78, 5) is 0. The van der Waals surface area contributed by atoms with E-state index in [2.05, 4.69) is 14.0 Å². The third-order valence-corrected chi connectivity index (χ3v) is 78.5. The Morgan fingerprint density at radius 2 is 0.342 bits per heavy atom. The Bertz CT molecular complexity index is 6850. The second-order valence-electron chi connectivity index (χ2n) is 55.4. The average molecular weight is 987 g/mol. The molecule has 4 heteroatoms. The van der Waals surface area contributed by atoms with E-state index in [0.717, 1.165) is 97.8 Å². The zero-order chi connectivity index (χ0) is 40.9. The van der Waals surface area contributed by atoms with Gasteiger partial charge in [-0.05, 0) is 199 Å². The summed E-state index contributed by atoms with van der Waals surface area (Å²) >= 11 is 0. The van der Waals surface area contributed by atoms with Crippen molar-refractivity contribution in [3.05, 3.63) is 114 Å². The van der Waals surface area contributed by atoms with Gasteiger partial charge in [-0.3, -0.25) is 0 Å². The van der Waals surface area contributed by atoms with Crippen molar-refractivity contribution in [1.29, 1.82) is 0 Å². The molecule has 3 saturated heterocycles. The molecule has 79 heavy (non-hydrogen) atoms. The molecule has 0 aromatic heterocycles. The van der Waals surface area contributed by atoms with Gasteiger partial charge in [-0.1, -0.05) is 0 Å². The first kappa shape index (κ1) is 21.5. The molecule has 0 aromatic carbocycles. The molecule has 0 aromatic rings. The molecule has 332 valence electrons. The first-order chi connectivity index (χ1) is 39.4. The lowest BCUT2D eigenvalue weighted by atomic mass is 9.81. The fourth-order valence-electron chi connectivity index (χ4n) is 91.0. The van der Waals surface area contributed by atoms with Gasteiger partial charge in [0.1, 0.15) is 0 Å². The highest BCUT2D eigenvalue weighted by Gasteiger charge is 4.00. The van der Waals surface area contributed by atoms with Crippen LogP contribution in [0.2, 0.25) is 0 Å². The Kier molecular flexibility index (Phi) is 0.692. The lowest BCUT2D eigenvalue weighted by Gasteiger charge is -2.30. The molecule has 3 heterocycles. The highest BCUT2D eigenvalue weighted by molar-refractivity contribution is 7.52. The van der Waals surface area contributed by atoms with Crippen LogP contribution in [0.1, 0.15) is 19.3 Å². The Morgan fingerprint density at radius 1 is 0.177 bits per heavy atom. The maximum atomic E-state index is 3.76. The second kappa shape index (κ2) is 2.54. The van der Waals surface area contributed by atoms with Crippen LogP contribution in [-0.2, 0) is 0 Å². The summed E-state index contributed by atoms with van der Waals surface area (Å²) in [6, 6.07) is 3.80. The SMILES string of the molecule is C1C2C13C21C32C13C21C32C13C21C32C13C21C24C56C78C9%10C%11%12C%13N([PH+](N%14C%15C%14%16C%15%14C%16%15C%14%16C%15%14C%16%15C%14%16C%15%14C%16%15C%14%16C%14%17C%18%19C%20%21C%22%23C%24%25C%26%27CC%26C%27%24C%25%22C%23%20C%21%18C%19%14C%15%16%17)N%14C%15C%14%16C%15%14C%16%15C%14%16C%15%14C%16%15C%14%16C%15%14C%16%15C%14%16C%14%17C%18%19C%20%21C%22%23C%24%25C%26%27CC%26C%27%24C%25%22C%23%20C%21%18C%19%14C%15%16%17)C%13%11C%129C%107C85C62C341. The van der Waals surface area contributed by atoms with E-state index >= 15 is 0 Å². The number of hydrogen-bond acceptors (Lipinski definition) is 3. The van der Waals surface area contributed by atoms with Crippen LogP contribution in [-0.4, -0.2) is 48.8 Å². The quantitative estimate of drug-likeness (QED) is 0.317. The fourth-order valence-corrected chi connectivity index (χ4v) is 95.8. The van der Waals surface area contributed by atoms with Crippen LogP contribution < -0.4 is 0 Å².